The Balaban J connectivity index is 2.26. The number of aromatic nitrogens is 2. The summed E-state index contributed by atoms with van der Waals surface area (Å²) in [6.45, 7) is 0.536. The second-order valence-electron chi connectivity index (χ2n) is 3.64. The summed E-state index contributed by atoms with van der Waals surface area (Å²) < 4.78 is 14.6. The topological polar surface area (TPSA) is 43.8 Å². The van der Waals surface area contributed by atoms with Crippen molar-refractivity contribution in [1.82, 2.24) is 9.78 Å². The number of hydrogen-bond acceptors (Lipinski definition) is 3. The molecule has 0 amide bonds. The van der Waals surface area contributed by atoms with Crippen molar-refractivity contribution in [3.63, 3.8) is 0 Å². The Morgan fingerprint density at radius 2 is 2.29 bits per heavy atom. The lowest BCUT2D eigenvalue weighted by Gasteiger charge is -2.36. The first-order valence-electron chi connectivity index (χ1n) is 4.75. The summed E-state index contributed by atoms with van der Waals surface area (Å²) in [5.74, 6) is 1.88. The van der Waals surface area contributed by atoms with E-state index in [0.29, 0.717) is 6.54 Å². The van der Waals surface area contributed by atoms with Crippen molar-refractivity contribution < 1.29 is 4.39 Å². The van der Waals surface area contributed by atoms with Gasteiger partial charge in [0.2, 0.25) is 0 Å². The zero-order chi connectivity index (χ0) is 10.0. The third-order valence-electron chi connectivity index (χ3n) is 2.84. The second kappa shape index (κ2) is 3.90. The van der Waals surface area contributed by atoms with Crippen LogP contribution in [0.1, 0.15) is 12.8 Å². The van der Waals surface area contributed by atoms with Crippen LogP contribution >= 0.6 is 11.8 Å². The summed E-state index contributed by atoms with van der Waals surface area (Å²) in [6.07, 6.45) is 4.66. The molecule has 78 valence electrons. The fourth-order valence-corrected chi connectivity index (χ4v) is 3.09. The molecule has 2 heterocycles. The molecule has 3 nitrogen and oxygen atoms in total. The summed E-state index contributed by atoms with van der Waals surface area (Å²) in [5, 5.41) is 4.03. The van der Waals surface area contributed by atoms with Gasteiger partial charge in [-0.2, -0.15) is 16.9 Å². The van der Waals surface area contributed by atoms with Crippen LogP contribution in [0.2, 0.25) is 0 Å². The molecule has 0 radical (unpaired) electrons. The minimum atomic E-state index is -0.281. The van der Waals surface area contributed by atoms with Crippen molar-refractivity contribution in [3.05, 3.63) is 18.2 Å². The minimum absolute atomic E-state index is 0.143. The van der Waals surface area contributed by atoms with Crippen LogP contribution in [0, 0.1) is 5.82 Å². The zero-order valence-corrected chi connectivity index (χ0v) is 8.76. The lowest BCUT2D eigenvalue weighted by molar-refractivity contribution is 0.242. The summed E-state index contributed by atoms with van der Waals surface area (Å²) in [6, 6.07) is 0. The van der Waals surface area contributed by atoms with Crippen LogP contribution in [-0.2, 0) is 5.54 Å². The standard InChI is InChI=1S/C9H14FN3S/c10-8-5-12-13(6-8)9(7-11)1-3-14-4-2-9/h5-6H,1-4,7,11H2. The Bertz CT molecular complexity index is 307. The molecular formula is C9H14FN3S. The Labute approximate surface area is 86.9 Å². The molecule has 1 aromatic heterocycles. The summed E-state index contributed by atoms with van der Waals surface area (Å²) in [5.41, 5.74) is 5.64. The highest BCUT2D eigenvalue weighted by molar-refractivity contribution is 7.99. The molecule has 14 heavy (non-hydrogen) atoms. The van der Waals surface area contributed by atoms with E-state index in [-0.39, 0.29) is 11.4 Å². The van der Waals surface area contributed by atoms with Gasteiger partial charge in [-0.25, -0.2) is 4.39 Å². The number of thioether (sulfide) groups is 1. The van der Waals surface area contributed by atoms with E-state index in [9.17, 15) is 4.39 Å². The van der Waals surface area contributed by atoms with Crippen molar-refractivity contribution in [2.75, 3.05) is 18.1 Å². The highest BCUT2D eigenvalue weighted by Crippen LogP contribution is 2.32. The van der Waals surface area contributed by atoms with Crippen molar-refractivity contribution in [3.8, 4) is 0 Å². The van der Waals surface area contributed by atoms with E-state index in [1.807, 2.05) is 11.8 Å². The van der Waals surface area contributed by atoms with Crippen LogP contribution < -0.4 is 5.73 Å². The fraction of sp³-hybridized carbons (Fsp3) is 0.667. The summed E-state index contributed by atoms with van der Waals surface area (Å²) in [7, 11) is 0. The highest BCUT2D eigenvalue weighted by Gasteiger charge is 2.33. The van der Waals surface area contributed by atoms with Gasteiger partial charge in [0.1, 0.15) is 0 Å². The molecule has 0 unspecified atom stereocenters. The van der Waals surface area contributed by atoms with Crippen LogP contribution in [0.5, 0.6) is 0 Å². The van der Waals surface area contributed by atoms with Crippen LogP contribution in [0.4, 0.5) is 4.39 Å². The molecule has 1 aromatic rings. The Kier molecular flexibility index (Phi) is 2.78. The van der Waals surface area contributed by atoms with Crippen molar-refractivity contribution in [1.29, 1.82) is 0 Å². The zero-order valence-electron chi connectivity index (χ0n) is 7.95. The third kappa shape index (κ3) is 1.66. The Morgan fingerprint density at radius 3 is 2.79 bits per heavy atom. The first-order chi connectivity index (χ1) is 6.77. The summed E-state index contributed by atoms with van der Waals surface area (Å²) in [4.78, 5) is 0. The number of halogens is 1. The fourth-order valence-electron chi connectivity index (χ4n) is 1.84. The van der Waals surface area contributed by atoms with Crippen molar-refractivity contribution in [2.45, 2.75) is 18.4 Å². The van der Waals surface area contributed by atoms with Crippen LogP contribution in [0.15, 0.2) is 12.4 Å². The molecule has 5 heteroatoms. The lowest BCUT2D eigenvalue weighted by Crippen LogP contribution is -2.44. The van der Waals surface area contributed by atoms with E-state index < -0.39 is 0 Å². The van der Waals surface area contributed by atoms with Gasteiger partial charge in [-0.1, -0.05) is 0 Å². The maximum Gasteiger partial charge on any atom is 0.161 e. The van der Waals surface area contributed by atoms with Gasteiger partial charge in [0.25, 0.3) is 0 Å². The van der Waals surface area contributed by atoms with Gasteiger partial charge in [0, 0.05) is 6.54 Å². The quantitative estimate of drug-likeness (QED) is 0.806. The summed E-state index contributed by atoms with van der Waals surface area (Å²) >= 11 is 1.92. The van der Waals surface area contributed by atoms with Crippen LogP contribution in [0.25, 0.3) is 0 Å². The van der Waals surface area contributed by atoms with Gasteiger partial charge >= 0.3 is 0 Å². The average Bonchev–Trinajstić information content (AvgIpc) is 2.66. The van der Waals surface area contributed by atoms with Crippen molar-refractivity contribution in [2.24, 2.45) is 5.73 Å². The first kappa shape index (κ1) is 9.98. The average molecular weight is 215 g/mol. The van der Waals surface area contributed by atoms with Crippen LogP contribution in [0.3, 0.4) is 0 Å². The van der Waals surface area contributed by atoms with Gasteiger partial charge in [-0.15, -0.1) is 0 Å². The molecular weight excluding hydrogens is 201 g/mol. The molecule has 0 saturated carbocycles. The number of nitrogens with zero attached hydrogens (tertiary/aromatic N) is 2. The normalized spacial score (nSPS) is 21.0. The van der Waals surface area contributed by atoms with E-state index in [4.69, 9.17) is 5.73 Å². The monoisotopic (exact) mass is 215 g/mol. The van der Waals surface area contributed by atoms with E-state index in [0.717, 1.165) is 24.3 Å². The van der Waals surface area contributed by atoms with E-state index in [2.05, 4.69) is 5.10 Å². The van der Waals surface area contributed by atoms with Gasteiger partial charge in [-0.3, -0.25) is 4.68 Å². The molecule has 1 aliphatic rings. The molecule has 0 atom stereocenters. The SMILES string of the molecule is NCC1(n2cc(F)cn2)CCSCC1. The number of nitrogens with two attached hydrogens (primary N) is 1. The molecule has 1 fully saturated rings. The minimum Gasteiger partial charge on any atom is -0.328 e. The Morgan fingerprint density at radius 1 is 1.57 bits per heavy atom. The molecule has 2 N–H and O–H groups in total. The molecule has 0 spiro atoms. The van der Waals surface area contributed by atoms with Gasteiger partial charge in [0.15, 0.2) is 5.82 Å². The van der Waals surface area contributed by atoms with E-state index in [1.165, 1.54) is 12.4 Å². The largest absolute Gasteiger partial charge is 0.328 e. The number of hydrogen-bond donors (Lipinski definition) is 1. The maximum atomic E-state index is 12.9. The van der Waals surface area contributed by atoms with Gasteiger partial charge < -0.3 is 5.73 Å². The van der Waals surface area contributed by atoms with E-state index >= 15 is 0 Å². The molecule has 0 aromatic carbocycles. The second-order valence-corrected chi connectivity index (χ2v) is 4.87. The predicted molar refractivity (Wildman–Crippen MR) is 55.8 cm³/mol. The lowest BCUT2D eigenvalue weighted by atomic mass is 9.93. The molecule has 0 bridgehead atoms. The van der Waals surface area contributed by atoms with Gasteiger partial charge in [-0.05, 0) is 24.3 Å². The molecule has 2 rings (SSSR count). The molecule has 1 aliphatic heterocycles. The first-order valence-corrected chi connectivity index (χ1v) is 5.91. The Hall–Kier alpha value is -0.550. The highest BCUT2D eigenvalue weighted by atomic mass is 32.2. The maximum absolute atomic E-state index is 12.9. The van der Waals surface area contributed by atoms with E-state index in [1.54, 1.807) is 4.68 Å². The number of rotatable bonds is 2. The van der Waals surface area contributed by atoms with Crippen LogP contribution in [-0.4, -0.2) is 27.8 Å². The predicted octanol–water partition coefficient (Wildman–Crippen LogP) is 1.20. The molecule has 0 aliphatic carbocycles. The smallest absolute Gasteiger partial charge is 0.161 e. The van der Waals surface area contributed by atoms with Crippen molar-refractivity contribution >= 4 is 11.8 Å². The van der Waals surface area contributed by atoms with Gasteiger partial charge in [0.05, 0.1) is 17.9 Å². The third-order valence-corrected chi connectivity index (χ3v) is 3.83. The molecule has 1 saturated heterocycles.